The Labute approximate surface area is 131 Å². The normalized spacial score (nSPS) is 23.5. The number of pyridine rings is 1. The van der Waals surface area contributed by atoms with Gasteiger partial charge < -0.3 is 0 Å². The Morgan fingerprint density at radius 2 is 1.71 bits per heavy atom. The summed E-state index contributed by atoms with van der Waals surface area (Å²) in [6.07, 6.45) is 8.67. The lowest BCUT2D eigenvalue weighted by Gasteiger charge is -2.23. The van der Waals surface area contributed by atoms with E-state index in [0.717, 1.165) is 18.3 Å². The molecule has 1 aromatic heterocycles. The number of hydrogen-bond acceptors (Lipinski definition) is 1. The van der Waals surface area contributed by atoms with Crippen molar-refractivity contribution in [3.63, 3.8) is 0 Å². The largest absolute Gasteiger partial charge is 0.261 e. The van der Waals surface area contributed by atoms with Gasteiger partial charge in [0.2, 0.25) is 0 Å². The molecule has 1 fully saturated rings. The summed E-state index contributed by atoms with van der Waals surface area (Å²) in [5, 5.41) is 0. The molecule has 2 rings (SSSR count). The average molecular weight is 287 g/mol. The molecule has 1 aliphatic carbocycles. The third-order valence-electron chi connectivity index (χ3n) is 4.47. The number of hydrogen-bond donors (Lipinski definition) is 0. The molecule has 0 bridgehead atoms. The van der Waals surface area contributed by atoms with E-state index in [2.05, 4.69) is 59.9 Å². The molecule has 2 atom stereocenters. The molecule has 1 aromatic rings. The van der Waals surface area contributed by atoms with Crippen LogP contribution in [-0.4, -0.2) is 4.98 Å². The van der Waals surface area contributed by atoms with Gasteiger partial charge in [-0.2, -0.15) is 0 Å². The zero-order valence-corrected chi connectivity index (χ0v) is 14.9. The van der Waals surface area contributed by atoms with Gasteiger partial charge in [0.25, 0.3) is 0 Å². The van der Waals surface area contributed by atoms with Crippen molar-refractivity contribution in [2.75, 3.05) is 0 Å². The van der Waals surface area contributed by atoms with Gasteiger partial charge in [0, 0.05) is 11.9 Å². The standard InChI is InChI=1S/C20H33N/c1-19(2,3)12-15-7-8-16(11-15)17-9-10-18(21-14-17)13-20(4,5)6/h9-10,14-16H,7-8,11-13H2,1-6H3/t15-,16?/m1/s1. The van der Waals surface area contributed by atoms with E-state index in [9.17, 15) is 0 Å². The Bertz CT molecular complexity index is 444. The molecule has 0 aliphatic heterocycles. The van der Waals surface area contributed by atoms with Crippen molar-refractivity contribution >= 4 is 0 Å². The third kappa shape index (κ3) is 5.45. The highest BCUT2D eigenvalue weighted by Crippen LogP contribution is 2.43. The fourth-order valence-corrected chi connectivity index (χ4v) is 3.75. The second kappa shape index (κ2) is 6.10. The summed E-state index contributed by atoms with van der Waals surface area (Å²) in [5.74, 6) is 1.65. The van der Waals surface area contributed by atoms with Crippen molar-refractivity contribution in [2.24, 2.45) is 16.7 Å². The van der Waals surface area contributed by atoms with Gasteiger partial charge >= 0.3 is 0 Å². The van der Waals surface area contributed by atoms with Gasteiger partial charge in [-0.25, -0.2) is 0 Å². The van der Waals surface area contributed by atoms with Gasteiger partial charge in [-0.05, 0) is 66.4 Å². The minimum absolute atomic E-state index is 0.319. The maximum absolute atomic E-state index is 4.71. The molecule has 1 saturated carbocycles. The van der Waals surface area contributed by atoms with Crippen LogP contribution in [0.2, 0.25) is 0 Å². The van der Waals surface area contributed by atoms with Crippen LogP contribution in [0.1, 0.15) is 84.4 Å². The number of rotatable bonds is 3. The molecule has 1 nitrogen and oxygen atoms in total. The van der Waals surface area contributed by atoms with E-state index in [1.807, 2.05) is 0 Å². The molecular formula is C20H33N. The Morgan fingerprint density at radius 1 is 1.00 bits per heavy atom. The van der Waals surface area contributed by atoms with Gasteiger partial charge in [-0.15, -0.1) is 0 Å². The second-order valence-corrected chi connectivity index (χ2v) is 9.46. The summed E-state index contributed by atoms with van der Waals surface area (Å²) in [5.41, 5.74) is 3.48. The van der Waals surface area contributed by atoms with E-state index in [4.69, 9.17) is 4.98 Å². The van der Waals surface area contributed by atoms with E-state index in [1.165, 1.54) is 36.9 Å². The van der Waals surface area contributed by atoms with Crippen molar-refractivity contribution in [3.05, 3.63) is 29.6 Å². The molecular weight excluding hydrogens is 254 g/mol. The summed E-state index contributed by atoms with van der Waals surface area (Å²) in [6.45, 7) is 13.9. The second-order valence-electron chi connectivity index (χ2n) is 9.46. The zero-order valence-electron chi connectivity index (χ0n) is 14.9. The van der Waals surface area contributed by atoms with E-state index in [1.54, 1.807) is 0 Å². The quantitative estimate of drug-likeness (QED) is 0.665. The Hall–Kier alpha value is -0.850. The first-order valence-corrected chi connectivity index (χ1v) is 8.57. The van der Waals surface area contributed by atoms with Gasteiger partial charge in [0.15, 0.2) is 0 Å². The van der Waals surface area contributed by atoms with Crippen molar-refractivity contribution in [2.45, 2.75) is 79.6 Å². The van der Waals surface area contributed by atoms with Crippen LogP contribution in [-0.2, 0) is 6.42 Å². The van der Waals surface area contributed by atoms with Crippen LogP contribution in [0.15, 0.2) is 18.3 Å². The zero-order chi connectivity index (χ0) is 15.7. The van der Waals surface area contributed by atoms with Crippen LogP contribution >= 0.6 is 0 Å². The van der Waals surface area contributed by atoms with Crippen molar-refractivity contribution in [1.82, 2.24) is 4.98 Å². The van der Waals surface area contributed by atoms with E-state index < -0.39 is 0 Å². The number of nitrogens with zero attached hydrogens (tertiary/aromatic N) is 1. The molecule has 1 heteroatoms. The highest BCUT2D eigenvalue weighted by Gasteiger charge is 2.29. The minimum atomic E-state index is 0.319. The third-order valence-corrected chi connectivity index (χ3v) is 4.47. The van der Waals surface area contributed by atoms with Crippen molar-refractivity contribution in [1.29, 1.82) is 0 Å². The minimum Gasteiger partial charge on any atom is -0.261 e. The van der Waals surface area contributed by atoms with Gasteiger partial charge in [-0.3, -0.25) is 4.98 Å². The summed E-state index contributed by atoms with van der Waals surface area (Å²) in [6, 6.07) is 4.58. The molecule has 0 radical (unpaired) electrons. The topological polar surface area (TPSA) is 12.9 Å². The van der Waals surface area contributed by atoms with E-state index in [0.29, 0.717) is 10.8 Å². The van der Waals surface area contributed by atoms with Crippen LogP contribution in [0.4, 0.5) is 0 Å². The lowest BCUT2D eigenvalue weighted by atomic mass is 9.83. The van der Waals surface area contributed by atoms with Gasteiger partial charge in [-0.1, -0.05) is 47.6 Å². The maximum Gasteiger partial charge on any atom is 0.0409 e. The molecule has 1 unspecified atom stereocenters. The molecule has 0 saturated heterocycles. The highest BCUT2D eigenvalue weighted by molar-refractivity contribution is 5.20. The first kappa shape index (κ1) is 16.5. The van der Waals surface area contributed by atoms with Crippen molar-refractivity contribution < 1.29 is 0 Å². The summed E-state index contributed by atoms with van der Waals surface area (Å²) in [7, 11) is 0. The van der Waals surface area contributed by atoms with Crippen LogP contribution in [0.25, 0.3) is 0 Å². The van der Waals surface area contributed by atoms with E-state index >= 15 is 0 Å². The number of aromatic nitrogens is 1. The van der Waals surface area contributed by atoms with Crippen LogP contribution in [0.5, 0.6) is 0 Å². The Kier molecular flexibility index (Phi) is 4.80. The molecule has 1 aliphatic rings. The molecule has 1 heterocycles. The van der Waals surface area contributed by atoms with Crippen LogP contribution < -0.4 is 0 Å². The lowest BCUT2D eigenvalue weighted by Crippen LogP contribution is -2.11. The fraction of sp³-hybridized carbons (Fsp3) is 0.750. The van der Waals surface area contributed by atoms with Gasteiger partial charge in [0.05, 0.1) is 0 Å². The smallest absolute Gasteiger partial charge is 0.0409 e. The molecule has 0 N–H and O–H groups in total. The average Bonchev–Trinajstić information content (AvgIpc) is 2.74. The molecule has 118 valence electrons. The molecule has 0 spiro atoms. The fourth-order valence-electron chi connectivity index (χ4n) is 3.75. The summed E-state index contributed by atoms with van der Waals surface area (Å²) < 4.78 is 0. The molecule has 21 heavy (non-hydrogen) atoms. The van der Waals surface area contributed by atoms with Crippen LogP contribution in [0.3, 0.4) is 0 Å². The van der Waals surface area contributed by atoms with Crippen molar-refractivity contribution in [3.8, 4) is 0 Å². The predicted molar refractivity (Wildman–Crippen MR) is 91.6 cm³/mol. The van der Waals surface area contributed by atoms with Gasteiger partial charge in [0.1, 0.15) is 0 Å². The first-order valence-electron chi connectivity index (χ1n) is 8.57. The molecule has 0 aromatic carbocycles. The van der Waals surface area contributed by atoms with Crippen LogP contribution in [0, 0.1) is 16.7 Å². The predicted octanol–water partition coefficient (Wildman–Crippen LogP) is 5.99. The summed E-state index contributed by atoms with van der Waals surface area (Å²) >= 11 is 0. The lowest BCUT2D eigenvalue weighted by molar-refractivity contribution is 0.295. The van der Waals surface area contributed by atoms with E-state index in [-0.39, 0.29) is 0 Å². The monoisotopic (exact) mass is 287 g/mol. The molecule has 0 amide bonds. The Balaban J connectivity index is 1.94. The maximum atomic E-state index is 4.71. The Morgan fingerprint density at radius 3 is 2.24 bits per heavy atom. The SMILES string of the molecule is CC(C)(C)Cc1ccc(C2CC[C@@H](CC(C)(C)C)C2)cn1. The summed E-state index contributed by atoms with van der Waals surface area (Å²) in [4.78, 5) is 4.71. The highest BCUT2D eigenvalue weighted by atomic mass is 14.7. The first-order chi connectivity index (χ1) is 9.62.